The Bertz CT molecular complexity index is 345. The van der Waals surface area contributed by atoms with Crippen LogP contribution in [0.4, 0.5) is 8.78 Å². The molecule has 12 heavy (non-hydrogen) atoms. The van der Waals surface area contributed by atoms with Gasteiger partial charge in [0.05, 0.1) is 4.90 Å². The highest BCUT2D eigenvalue weighted by Crippen LogP contribution is 2.16. The van der Waals surface area contributed by atoms with Gasteiger partial charge in [0.25, 0.3) is 0 Å². The zero-order chi connectivity index (χ0) is 9.19. The van der Waals surface area contributed by atoms with Crippen LogP contribution in [0.3, 0.4) is 0 Å². The molecule has 65 valence electrons. The van der Waals surface area contributed by atoms with Gasteiger partial charge >= 0.3 is 5.76 Å². The van der Waals surface area contributed by atoms with Crippen LogP contribution in [0.15, 0.2) is 29.2 Å². The van der Waals surface area contributed by atoms with Crippen LogP contribution in [-0.4, -0.2) is 14.2 Å². The molecule has 0 bridgehead atoms. The van der Waals surface area contributed by atoms with E-state index in [1.165, 1.54) is 18.2 Å². The summed E-state index contributed by atoms with van der Waals surface area (Å²) in [5, 5.41) is 0. The molecule has 0 aliphatic carbocycles. The lowest BCUT2D eigenvalue weighted by molar-refractivity contribution is 0.234. The Morgan fingerprint density at radius 1 is 1.33 bits per heavy atom. The van der Waals surface area contributed by atoms with E-state index < -0.39 is 20.5 Å². The third-order valence-corrected chi connectivity index (χ3v) is 2.56. The summed E-state index contributed by atoms with van der Waals surface area (Å²) in [6.45, 7) is 0. The van der Waals surface area contributed by atoms with Gasteiger partial charge < -0.3 is 0 Å². The van der Waals surface area contributed by atoms with E-state index in [1.807, 2.05) is 0 Å². The lowest BCUT2D eigenvalue weighted by Gasteiger charge is -2.00. The number of alkyl halides is 2. The second-order valence-electron chi connectivity index (χ2n) is 2.03. The molecule has 0 heterocycles. The first-order valence-electron chi connectivity index (χ1n) is 3.04. The van der Waals surface area contributed by atoms with Crippen molar-refractivity contribution in [1.29, 1.82) is 0 Å². The quantitative estimate of drug-likeness (QED) is 0.709. The fourth-order valence-corrected chi connectivity index (χ4v) is 1.34. The average molecular weight is 191 g/mol. The highest BCUT2D eigenvalue weighted by molar-refractivity contribution is 7.91. The number of halogens is 2. The normalized spacial score (nSPS) is 11.9. The van der Waals surface area contributed by atoms with Crippen LogP contribution in [0.25, 0.3) is 0 Å². The van der Waals surface area contributed by atoms with E-state index in [2.05, 4.69) is 6.07 Å². The van der Waals surface area contributed by atoms with Crippen LogP contribution in [0.5, 0.6) is 0 Å². The molecule has 1 aromatic rings. The molecule has 0 fully saturated rings. The molecule has 0 amide bonds. The Kier molecular flexibility index (Phi) is 2.42. The minimum Gasteiger partial charge on any atom is -0.218 e. The van der Waals surface area contributed by atoms with Gasteiger partial charge in [-0.05, 0) is 6.07 Å². The van der Waals surface area contributed by atoms with E-state index in [-0.39, 0.29) is 0 Å². The molecule has 5 heteroatoms. The van der Waals surface area contributed by atoms with Gasteiger partial charge in [0, 0.05) is 6.07 Å². The van der Waals surface area contributed by atoms with E-state index in [0.717, 1.165) is 6.07 Å². The maximum absolute atomic E-state index is 11.9. The largest absolute Gasteiger partial charge is 0.341 e. The lowest BCUT2D eigenvalue weighted by Crippen LogP contribution is -2.11. The summed E-state index contributed by atoms with van der Waals surface area (Å²) in [5.41, 5.74) is 0. The Balaban J connectivity index is 3.17. The monoisotopic (exact) mass is 191 g/mol. The molecule has 0 unspecified atom stereocenters. The molecule has 0 spiro atoms. The third-order valence-electron chi connectivity index (χ3n) is 1.22. The summed E-state index contributed by atoms with van der Waals surface area (Å²) in [5.74, 6) is -3.38. The van der Waals surface area contributed by atoms with Gasteiger partial charge in [0.2, 0.25) is 9.84 Å². The summed E-state index contributed by atoms with van der Waals surface area (Å²) < 4.78 is 45.3. The van der Waals surface area contributed by atoms with Crippen molar-refractivity contribution in [1.82, 2.24) is 0 Å². The zero-order valence-electron chi connectivity index (χ0n) is 5.87. The second kappa shape index (κ2) is 3.18. The second-order valence-corrected chi connectivity index (χ2v) is 3.92. The predicted molar refractivity (Wildman–Crippen MR) is 38.5 cm³/mol. The maximum Gasteiger partial charge on any atom is 0.341 e. The molecule has 1 aromatic carbocycles. The Labute approximate surface area is 68.8 Å². The van der Waals surface area contributed by atoms with Crippen LogP contribution in [0.2, 0.25) is 0 Å². The van der Waals surface area contributed by atoms with Gasteiger partial charge in [0.1, 0.15) is 0 Å². The van der Waals surface area contributed by atoms with Crippen molar-refractivity contribution >= 4 is 9.84 Å². The minimum absolute atomic E-state index is 0.472. The van der Waals surface area contributed by atoms with Crippen molar-refractivity contribution < 1.29 is 17.2 Å². The number of rotatable bonds is 2. The van der Waals surface area contributed by atoms with Crippen LogP contribution in [-0.2, 0) is 9.84 Å². The van der Waals surface area contributed by atoms with Gasteiger partial charge in [0.15, 0.2) is 0 Å². The van der Waals surface area contributed by atoms with Crippen LogP contribution in [0.1, 0.15) is 0 Å². The van der Waals surface area contributed by atoms with Gasteiger partial charge in [-0.1, -0.05) is 18.2 Å². The Hall–Kier alpha value is -0.970. The molecule has 1 radical (unpaired) electrons. The molecule has 0 aliphatic rings. The molecule has 0 aliphatic heterocycles. The zero-order valence-corrected chi connectivity index (χ0v) is 6.68. The summed E-state index contributed by atoms with van der Waals surface area (Å²) >= 11 is 0. The Morgan fingerprint density at radius 3 is 2.42 bits per heavy atom. The molecule has 0 saturated heterocycles. The molecule has 0 aromatic heterocycles. The predicted octanol–water partition coefficient (Wildman–Crippen LogP) is 1.48. The van der Waals surface area contributed by atoms with Crippen molar-refractivity contribution in [3.8, 4) is 0 Å². The topological polar surface area (TPSA) is 34.1 Å². The van der Waals surface area contributed by atoms with Crippen molar-refractivity contribution in [3.63, 3.8) is 0 Å². The highest BCUT2D eigenvalue weighted by atomic mass is 32.2. The van der Waals surface area contributed by atoms with Crippen LogP contribution in [0, 0.1) is 6.07 Å². The first-order chi connectivity index (χ1) is 5.55. The van der Waals surface area contributed by atoms with Gasteiger partial charge in [-0.15, -0.1) is 0 Å². The molecule has 0 saturated carbocycles. The summed E-state index contributed by atoms with van der Waals surface area (Å²) in [7, 11) is -4.47. The van der Waals surface area contributed by atoms with Crippen molar-refractivity contribution in [3.05, 3.63) is 30.3 Å². The fraction of sp³-hybridized carbons (Fsp3) is 0.143. The fourth-order valence-electron chi connectivity index (χ4n) is 0.650. The number of benzene rings is 1. The molecule has 0 N–H and O–H groups in total. The van der Waals surface area contributed by atoms with Gasteiger partial charge in [-0.2, -0.15) is 8.78 Å². The van der Waals surface area contributed by atoms with Crippen molar-refractivity contribution in [2.45, 2.75) is 10.7 Å². The summed E-state index contributed by atoms with van der Waals surface area (Å²) in [6, 6.07) is 7.45. The average Bonchev–Trinajstić information content (AvgIpc) is 2.06. The molecule has 0 atom stereocenters. The van der Waals surface area contributed by atoms with Crippen molar-refractivity contribution in [2.24, 2.45) is 0 Å². The number of hydrogen-bond donors (Lipinski definition) is 0. The lowest BCUT2D eigenvalue weighted by atomic mass is 10.4. The summed E-state index contributed by atoms with van der Waals surface area (Å²) in [4.78, 5) is -0.472. The molecule has 1 rings (SSSR count). The number of sulfone groups is 1. The van der Waals surface area contributed by atoms with E-state index in [1.54, 1.807) is 0 Å². The van der Waals surface area contributed by atoms with Gasteiger partial charge in [-0.3, -0.25) is 0 Å². The maximum atomic E-state index is 11.9. The summed E-state index contributed by atoms with van der Waals surface area (Å²) in [6.07, 6.45) is 0. The van der Waals surface area contributed by atoms with E-state index in [4.69, 9.17) is 0 Å². The molecular weight excluding hydrogens is 186 g/mol. The van der Waals surface area contributed by atoms with E-state index in [9.17, 15) is 17.2 Å². The SMILES string of the molecule is O=S(=O)(c1[c]cccc1)C(F)F. The van der Waals surface area contributed by atoms with Gasteiger partial charge in [-0.25, -0.2) is 8.42 Å². The first-order valence-corrected chi connectivity index (χ1v) is 4.58. The Morgan fingerprint density at radius 2 is 2.00 bits per heavy atom. The molecular formula is C7H5F2O2S. The number of hydrogen-bond acceptors (Lipinski definition) is 2. The van der Waals surface area contributed by atoms with Crippen molar-refractivity contribution in [2.75, 3.05) is 0 Å². The highest BCUT2D eigenvalue weighted by Gasteiger charge is 2.25. The van der Waals surface area contributed by atoms with E-state index >= 15 is 0 Å². The smallest absolute Gasteiger partial charge is 0.218 e. The standard InChI is InChI=1S/C7H5F2O2S/c8-7(9)12(10,11)6-4-2-1-3-5-6/h1-4,7H. The first kappa shape index (κ1) is 9.12. The van der Waals surface area contributed by atoms with Crippen LogP contribution < -0.4 is 0 Å². The third kappa shape index (κ3) is 1.61. The van der Waals surface area contributed by atoms with E-state index in [0.29, 0.717) is 0 Å². The molecule has 2 nitrogen and oxygen atoms in total. The minimum atomic E-state index is -4.47. The van der Waals surface area contributed by atoms with Crippen LogP contribution >= 0.6 is 0 Å².